The number of benzene rings is 3. The van der Waals surface area contributed by atoms with E-state index in [-0.39, 0.29) is 6.10 Å². The highest BCUT2D eigenvalue weighted by atomic mass is 16.3. The largest absolute Gasteiger partial charge is 0.464 e. The number of hydrogen-bond donors (Lipinski definition) is 2. The average molecular weight is 427 g/mol. The molecule has 1 atom stereocenters. The van der Waals surface area contributed by atoms with Crippen molar-refractivity contribution in [1.29, 1.82) is 0 Å². The Balaban J connectivity index is 1.15. The van der Waals surface area contributed by atoms with Crippen LogP contribution in [0.15, 0.2) is 89.5 Å². The molecule has 1 saturated heterocycles. The van der Waals surface area contributed by atoms with Crippen LogP contribution in [0.5, 0.6) is 0 Å². The Hall–Kier alpha value is -3.08. The number of nitrogens with zero attached hydrogens (tertiary/aromatic N) is 1. The van der Waals surface area contributed by atoms with Gasteiger partial charge in [0, 0.05) is 54.3 Å². The summed E-state index contributed by atoms with van der Waals surface area (Å²) in [6.45, 7) is 2.69. The number of nitrogens with one attached hydrogen (secondary N) is 1. The van der Waals surface area contributed by atoms with E-state index in [0.717, 1.165) is 42.5 Å². The summed E-state index contributed by atoms with van der Waals surface area (Å²) < 4.78 is 5.62. The third-order valence-electron chi connectivity index (χ3n) is 6.44. The smallest absolute Gasteiger partial charge is 0.134 e. The van der Waals surface area contributed by atoms with Crippen LogP contribution in [0.1, 0.15) is 18.4 Å². The van der Waals surface area contributed by atoms with Crippen molar-refractivity contribution in [3.63, 3.8) is 0 Å². The number of para-hydroxylation sites is 2. The molecular weight excluding hydrogens is 396 g/mol. The zero-order valence-electron chi connectivity index (χ0n) is 18.3. The first-order chi connectivity index (χ1) is 15.8. The van der Waals surface area contributed by atoms with E-state index in [1.807, 2.05) is 18.2 Å². The van der Waals surface area contributed by atoms with Crippen molar-refractivity contribution in [2.45, 2.75) is 31.4 Å². The lowest BCUT2D eigenvalue weighted by Gasteiger charge is -2.34. The summed E-state index contributed by atoms with van der Waals surface area (Å²) in [5.74, 6) is 0. The first kappa shape index (κ1) is 20.8. The van der Waals surface area contributed by atoms with E-state index in [2.05, 4.69) is 70.9 Å². The lowest BCUT2D eigenvalue weighted by atomic mass is 10.00. The van der Waals surface area contributed by atoms with Gasteiger partial charge in [0.25, 0.3) is 0 Å². The summed E-state index contributed by atoms with van der Waals surface area (Å²) in [6, 6.07) is 27.6. The lowest BCUT2D eigenvalue weighted by Crippen LogP contribution is -2.42. The minimum atomic E-state index is -0.390. The Labute approximate surface area is 189 Å². The van der Waals surface area contributed by atoms with Crippen LogP contribution in [0.2, 0.25) is 0 Å². The van der Waals surface area contributed by atoms with E-state index in [9.17, 15) is 5.11 Å². The number of anilines is 1. The Morgan fingerprint density at radius 2 is 1.62 bits per heavy atom. The molecule has 1 fully saturated rings. The van der Waals surface area contributed by atoms with E-state index in [1.54, 1.807) is 6.26 Å². The van der Waals surface area contributed by atoms with Gasteiger partial charge < -0.3 is 19.7 Å². The second-order valence-corrected chi connectivity index (χ2v) is 8.75. The fourth-order valence-electron chi connectivity index (χ4n) is 4.77. The second-order valence-electron chi connectivity index (χ2n) is 8.75. The molecule has 4 heteroatoms. The van der Waals surface area contributed by atoms with Crippen molar-refractivity contribution in [3.05, 3.63) is 90.7 Å². The Bertz CT molecular complexity index is 1150. The van der Waals surface area contributed by atoms with E-state index < -0.39 is 0 Å². The third kappa shape index (κ3) is 4.72. The molecule has 1 aliphatic rings. The van der Waals surface area contributed by atoms with Gasteiger partial charge in [-0.3, -0.25) is 0 Å². The molecule has 4 aromatic rings. The van der Waals surface area contributed by atoms with Crippen molar-refractivity contribution < 1.29 is 9.52 Å². The Morgan fingerprint density at radius 3 is 2.47 bits per heavy atom. The number of hydrogen-bond acceptors (Lipinski definition) is 4. The lowest BCUT2D eigenvalue weighted by molar-refractivity contribution is 0.0990. The predicted molar refractivity (Wildman–Crippen MR) is 131 cm³/mol. The van der Waals surface area contributed by atoms with Crippen LogP contribution < -0.4 is 5.32 Å². The van der Waals surface area contributed by atoms with Crippen molar-refractivity contribution in [2.24, 2.45) is 0 Å². The number of aliphatic hydroxyl groups excluding tert-OH is 1. The molecule has 5 rings (SSSR count). The first-order valence-corrected chi connectivity index (χ1v) is 11.5. The van der Waals surface area contributed by atoms with E-state index in [0.29, 0.717) is 19.0 Å². The topological polar surface area (TPSA) is 48.6 Å². The average Bonchev–Trinajstić information content (AvgIpc) is 3.24. The van der Waals surface area contributed by atoms with Crippen LogP contribution in [-0.2, 0) is 6.42 Å². The normalized spacial score (nSPS) is 16.3. The van der Waals surface area contributed by atoms with Gasteiger partial charge in [0.15, 0.2) is 0 Å². The number of likely N-dealkylation sites (tertiary alicyclic amines) is 1. The summed E-state index contributed by atoms with van der Waals surface area (Å²) in [5, 5.41) is 15.6. The van der Waals surface area contributed by atoms with Gasteiger partial charge in [0.1, 0.15) is 5.58 Å². The van der Waals surface area contributed by atoms with Crippen molar-refractivity contribution >= 4 is 16.7 Å². The SMILES string of the molecule is OC(Cc1coc2ccccc12)CN1CCC(Nc2ccccc2-c2ccccc2)CC1. The van der Waals surface area contributed by atoms with Gasteiger partial charge in [-0.15, -0.1) is 0 Å². The number of β-amino-alcohol motifs (C(OH)–C–C–N with tert-alkyl or cyclic N) is 1. The summed E-state index contributed by atoms with van der Waals surface area (Å²) in [5.41, 5.74) is 5.66. The Morgan fingerprint density at radius 1 is 0.906 bits per heavy atom. The molecule has 0 spiro atoms. The molecule has 1 aromatic heterocycles. The van der Waals surface area contributed by atoms with Crippen molar-refractivity contribution in [3.8, 4) is 11.1 Å². The molecule has 32 heavy (non-hydrogen) atoms. The molecule has 3 aromatic carbocycles. The number of furan rings is 1. The van der Waals surface area contributed by atoms with Gasteiger partial charge in [-0.25, -0.2) is 0 Å². The van der Waals surface area contributed by atoms with Crippen LogP contribution >= 0.6 is 0 Å². The van der Waals surface area contributed by atoms with Crippen LogP contribution in [0.4, 0.5) is 5.69 Å². The maximum absolute atomic E-state index is 10.7. The number of rotatable bonds is 7. The van der Waals surface area contributed by atoms with Gasteiger partial charge >= 0.3 is 0 Å². The molecule has 1 aliphatic heterocycles. The van der Waals surface area contributed by atoms with Gasteiger partial charge in [0.2, 0.25) is 0 Å². The highest BCUT2D eigenvalue weighted by molar-refractivity contribution is 5.81. The standard InChI is InChI=1S/C28H30N2O2/c31-24(18-22-20-32-28-13-7-5-11-26(22)28)19-30-16-14-23(15-17-30)29-27-12-6-4-10-25(27)21-8-2-1-3-9-21/h1-13,20,23-24,29,31H,14-19H2. The minimum Gasteiger partial charge on any atom is -0.464 e. The van der Waals surface area contributed by atoms with Crippen LogP contribution in [0.25, 0.3) is 22.1 Å². The Kier molecular flexibility index (Phi) is 6.24. The van der Waals surface area contributed by atoms with Gasteiger partial charge in [-0.2, -0.15) is 0 Å². The number of aliphatic hydroxyl groups is 1. The molecular formula is C28H30N2O2. The summed E-state index contributed by atoms with van der Waals surface area (Å²) in [6.07, 6.45) is 4.17. The fourth-order valence-corrected chi connectivity index (χ4v) is 4.77. The molecule has 0 amide bonds. The number of piperidine rings is 1. The molecule has 0 bridgehead atoms. The number of fused-ring (bicyclic) bond motifs is 1. The van der Waals surface area contributed by atoms with Crippen LogP contribution in [0, 0.1) is 0 Å². The van der Waals surface area contributed by atoms with E-state index in [4.69, 9.17) is 4.42 Å². The van der Waals surface area contributed by atoms with Crippen molar-refractivity contribution in [2.75, 3.05) is 25.0 Å². The van der Waals surface area contributed by atoms with Crippen molar-refractivity contribution in [1.82, 2.24) is 4.90 Å². The first-order valence-electron chi connectivity index (χ1n) is 11.5. The summed E-state index contributed by atoms with van der Waals surface area (Å²) >= 11 is 0. The quantitative estimate of drug-likeness (QED) is 0.405. The maximum atomic E-state index is 10.7. The van der Waals surface area contributed by atoms with E-state index in [1.165, 1.54) is 16.8 Å². The highest BCUT2D eigenvalue weighted by Crippen LogP contribution is 2.29. The van der Waals surface area contributed by atoms with Gasteiger partial charge in [-0.05, 0) is 30.5 Å². The summed E-state index contributed by atoms with van der Waals surface area (Å²) in [7, 11) is 0. The van der Waals surface area contributed by atoms with E-state index >= 15 is 0 Å². The molecule has 1 unspecified atom stereocenters. The third-order valence-corrected chi connectivity index (χ3v) is 6.44. The molecule has 0 radical (unpaired) electrons. The molecule has 4 nitrogen and oxygen atoms in total. The predicted octanol–water partition coefficient (Wildman–Crippen LogP) is 5.58. The van der Waals surface area contributed by atoms with Crippen LogP contribution in [0.3, 0.4) is 0 Å². The molecule has 2 heterocycles. The maximum Gasteiger partial charge on any atom is 0.134 e. The molecule has 164 valence electrons. The van der Waals surface area contributed by atoms with Crippen LogP contribution in [-0.4, -0.2) is 41.8 Å². The molecule has 0 saturated carbocycles. The minimum absolute atomic E-state index is 0.390. The zero-order valence-corrected chi connectivity index (χ0v) is 18.3. The highest BCUT2D eigenvalue weighted by Gasteiger charge is 2.22. The molecule has 2 N–H and O–H groups in total. The zero-order chi connectivity index (χ0) is 21.8. The fraction of sp³-hybridized carbons (Fsp3) is 0.286. The summed E-state index contributed by atoms with van der Waals surface area (Å²) in [4.78, 5) is 2.38. The van der Waals surface area contributed by atoms with Gasteiger partial charge in [0.05, 0.1) is 12.4 Å². The molecule has 0 aliphatic carbocycles. The second kappa shape index (κ2) is 9.60. The monoisotopic (exact) mass is 426 g/mol. The van der Waals surface area contributed by atoms with Gasteiger partial charge in [-0.1, -0.05) is 66.7 Å².